The molecule has 0 aromatic heterocycles. The van der Waals surface area contributed by atoms with Gasteiger partial charge >= 0.3 is 24.7 Å². The molecule has 4 saturated carbocycles. The lowest BCUT2D eigenvalue weighted by Gasteiger charge is -2.35. The largest absolute Gasteiger partial charge is 0.392 e. The molecule has 0 aromatic carbocycles. The van der Waals surface area contributed by atoms with Gasteiger partial charge in [-0.05, 0) is 121 Å². The van der Waals surface area contributed by atoms with E-state index in [2.05, 4.69) is 76.2 Å². The fourth-order valence-corrected chi connectivity index (χ4v) is 9.23. The summed E-state index contributed by atoms with van der Waals surface area (Å²) >= 11 is 0. The molecule has 71 heavy (non-hydrogen) atoms. The summed E-state index contributed by atoms with van der Waals surface area (Å²) in [4.78, 5) is 0. The van der Waals surface area contributed by atoms with Gasteiger partial charge in [-0.25, -0.2) is 0 Å². The average molecular weight is 1050 g/mol. The molecule has 12 heteroatoms. The van der Waals surface area contributed by atoms with Crippen molar-refractivity contribution in [3.8, 4) is 0 Å². The lowest BCUT2D eigenvalue weighted by atomic mass is 9.73. The minimum atomic E-state index is -3.99. The van der Waals surface area contributed by atoms with E-state index in [4.69, 9.17) is 2.74 Å². The Morgan fingerprint density at radius 2 is 0.817 bits per heavy atom. The minimum absolute atomic E-state index is 0.176. The molecule has 0 N–H and O–H groups in total. The van der Waals surface area contributed by atoms with Crippen LogP contribution in [0.15, 0.2) is 0 Å². The first-order valence-electron chi connectivity index (χ1n) is 28.6. The second-order valence-corrected chi connectivity index (χ2v) is 26.1. The van der Waals surface area contributed by atoms with Crippen molar-refractivity contribution in [1.82, 2.24) is 0 Å². The number of hydrogen-bond acceptors (Lipinski definition) is 0. The number of alkyl halides is 12. The van der Waals surface area contributed by atoms with Crippen molar-refractivity contribution in [3.63, 3.8) is 0 Å². The molecule has 0 nitrogen and oxygen atoms in total. The van der Waals surface area contributed by atoms with Gasteiger partial charge in [-0.3, -0.25) is 0 Å². The van der Waals surface area contributed by atoms with Crippen molar-refractivity contribution in [2.45, 2.75) is 287 Å². The Bertz CT molecular complexity index is 1310. The van der Waals surface area contributed by atoms with Gasteiger partial charge < -0.3 is 0 Å². The van der Waals surface area contributed by atoms with Crippen molar-refractivity contribution in [2.24, 2.45) is 93.2 Å². The SMILES string of the molecule is CC1CC(C(F)(F)F)C[C@@H](C)C1.CC1CC(C)C(C(F)(F)F)C1.CC1CCC(C)C1C.CC1CCCC(C(F)(F)F)[C@@H]1C.CCC(C)(C)C.CCCC(C)(C)C.CCCC(C)C(F)(F)F.[2H]C([2H])(C)C(C)(C)C. The lowest BCUT2D eigenvalue weighted by molar-refractivity contribution is -0.199. The van der Waals surface area contributed by atoms with E-state index < -0.39 is 54.7 Å². The van der Waals surface area contributed by atoms with Crippen LogP contribution in [0.25, 0.3) is 0 Å². The van der Waals surface area contributed by atoms with Gasteiger partial charge in [0, 0.05) is 2.74 Å². The summed E-state index contributed by atoms with van der Waals surface area (Å²) in [5, 5.41) is 0. The Balaban J connectivity index is -0.000000377. The van der Waals surface area contributed by atoms with Crippen molar-refractivity contribution >= 4 is 0 Å². The predicted octanol–water partition coefficient (Wildman–Crippen LogP) is 23.9. The topological polar surface area (TPSA) is 0 Å². The number of rotatable bonds is 3. The highest BCUT2D eigenvalue weighted by Crippen LogP contribution is 2.46. The van der Waals surface area contributed by atoms with Crippen LogP contribution in [-0.4, -0.2) is 24.7 Å². The molecule has 434 valence electrons. The van der Waals surface area contributed by atoms with E-state index in [9.17, 15) is 52.7 Å². The molecule has 4 aliphatic carbocycles. The normalized spacial score (nSPS) is 30.2. The van der Waals surface area contributed by atoms with Crippen LogP contribution in [0, 0.1) is 93.2 Å². The van der Waals surface area contributed by atoms with Gasteiger partial charge in [0.15, 0.2) is 0 Å². The Labute approximate surface area is 434 Å². The summed E-state index contributed by atoms with van der Waals surface area (Å²) in [6.45, 7) is 46.4. The molecular weight excluding hydrogens is 937 g/mol. The van der Waals surface area contributed by atoms with Crippen LogP contribution in [0.5, 0.6) is 0 Å². The number of hydrogen-bond donors (Lipinski definition) is 0. The lowest BCUT2D eigenvalue weighted by Crippen LogP contribution is -2.35. The van der Waals surface area contributed by atoms with Gasteiger partial charge in [0.1, 0.15) is 0 Å². The van der Waals surface area contributed by atoms with E-state index >= 15 is 0 Å². The zero-order chi connectivity index (χ0) is 59.1. The summed E-state index contributed by atoms with van der Waals surface area (Å²) in [7, 11) is 0. The Morgan fingerprint density at radius 1 is 0.437 bits per heavy atom. The summed E-state index contributed by atoms with van der Waals surface area (Å²) in [6, 6.07) is 0. The van der Waals surface area contributed by atoms with Crippen LogP contribution in [0.1, 0.15) is 265 Å². The second kappa shape index (κ2) is 34.7. The molecule has 0 spiro atoms. The molecule has 0 aromatic rings. The van der Waals surface area contributed by atoms with Gasteiger partial charge in [-0.1, -0.05) is 211 Å². The Morgan fingerprint density at radius 3 is 1.00 bits per heavy atom. The van der Waals surface area contributed by atoms with E-state index in [0.717, 1.165) is 43.4 Å². The molecular formula is C59H114F12. The molecule has 0 bridgehead atoms. The molecule has 4 rings (SSSR count). The minimum Gasteiger partial charge on any atom is -0.171 e. The Hall–Kier alpha value is -0.840. The average Bonchev–Trinajstić information content (AvgIpc) is 3.68. The predicted molar refractivity (Wildman–Crippen MR) is 281 cm³/mol. The summed E-state index contributed by atoms with van der Waals surface area (Å²) in [5.74, 6) is -0.742. The van der Waals surface area contributed by atoms with Crippen LogP contribution in [0.2, 0.25) is 0 Å². The van der Waals surface area contributed by atoms with Crippen molar-refractivity contribution in [2.75, 3.05) is 0 Å². The monoisotopic (exact) mass is 1050 g/mol. The standard InChI is InChI=1S/2C9H15F3.C8H13F3.C8H16.C7H16.C6H11F3.2C6H14/c1-6-3-7(2)5-8(4-6)9(10,11)12;1-6-4-3-5-8(7(6)2)9(10,11)12;1-5-3-6(2)7(4-5)8(9,10)11;1-6-4-5-7(2)8(6)3;1-5-6-7(2,3)4;1-3-4-5(2)6(7,8)9;2*1-5-6(2,3)4/h2*6-8H,3-5H2,1-2H3;5-7H,3-4H2,1-2H3;6-8H,4-5H2,1-3H3;5-6H2,1-4H3;5H,3-4H2,1-2H3;2*5H2,1-4H3/t6-,7?,8?;6?,7-,8?;;;;;;/m01....../s1/i;;;;;;5D2;. The maximum atomic E-state index is 12.4. The molecule has 0 radical (unpaired) electrons. The first-order valence-corrected chi connectivity index (χ1v) is 27.6. The molecule has 10 unspecified atom stereocenters. The van der Waals surface area contributed by atoms with E-state index in [-0.39, 0.29) is 47.3 Å². The highest BCUT2D eigenvalue weighted by Gasteiger charge is 2.48. The van der Waals surface area contributed by atoms with E-state index in [1.807, 2.05) is 48.5 Å². The Kier molecular flexibility index (Phi) is 35.4. The smallest absolute Gasteiger partial charge is 0.171 e. The van der Waals surface area contributed by atoms with E-state index in [1.165, 1.54) is 39.0 Å². The summed E-state index contributed by atoms with van der Waals surface area (Å²) in [5.41, 5.74) is 0.863. The van der Waals surface area contributed by atoms with E-state index in [1.54, 1.807) is 27.7 Å². The van der Waals surface area contributed by atoms with Crippen molar-refractivity contribution in [1.29, 1.82) is 0 Å². The first-order chi connectivity index (χ1) is 32.3. The molecule has 4 aliphatic rings. The number of halogens is 12. The fraction of sp³-hybridized carbons (Fsp3) is 1.00. The van der Waals surface area contributed by atoms with Crippen LogP contribution >= 0.6 is 0 Å². The molecule has 0 saturated heterocycles. The molecule has 12 atom stereocenters. The quantitative estimate of drug-likeness (QED) is 0.247. The fourth-order valence-electron chi connectivity index (χ4n) is 9.23. The second-order valence-electron chi connectivity index (χ2n) is 26.1. The zero-order valence-electron chi connectivity index (χ0n) is 51.6. The van der Waals surface area contributed by atoms with Gasteiger partial charge in [0.05, 0.1) is 23.7 Å². The van der Waals surface area contributed by atoms with Crippen molar-refractivity contribution in [3.05, 3.63) is 0 Å². The van der Waals surface area contributed by atoms with Crippen molar-refractivity contribution < 1.29 is 55.4 Å². The summed E-state index contributed by atoms with van der Waals surface area (Å²) < 4.78 is 160. The van der Waals surface area contributed by atoms with E-state index in [0.29, 0.717) is 42.9 Å². The first kappa shape index (κ1) is 72.2. The van der Waals surface area contributed by atoms with Crippen LogP contribution in [0.3, 0.4) is 0 Å². The highest BCUT2D eigenvalue weighted by molar-refractivity contribution is 4.84. The third-order valence-corrected chi connectivity index (χ3v) is 15.3. The van der Waals surface area contributed by atoms with Gasteiger partial charge in [0.25, 0.3) is 0 Å². The third kappa shape index (κ3) is 41.1. The maximum Gasteiger partial charge on any atom is 0.392 e. The molecule has 0 aliphatic heterocycles. The summed E-state index contributed by atoms with van der Waals surface area (Å²) in [6.07, 6.45) is -4.62. The van der Waals surface area contributed by atoms with Crippen LogP contribution < -0.4 is 0 Å². The van der Waals surface area contributed by atoms with Gasteiger partial charge in [-0.15, -0.1) is 0 Å². The molecule has 4 fully saturated rings. The van der Waals surface area contributed by atoms with Crippen LogP contribution in [0.4, 0.5) is 52.7 Å². The molecule has 0 heterocycles. The highest BCUT2D eigenvalue weighted by atomic mass is 19.4. The van der Waals surface area contributed by atoms with Gasteiger partial charge in [0.2, 0.25) is 0 Å². The molecule has 0 amide bonds. The van der Waals surface area contributed by atoms with Crippen LogP contribution in [-0.2, 0) is 0 Å². The van der Waals surface area contributed by atoms with Gasteiger partial charge in [-0.2, -0.15) is 52.7 Å². The maximum absolute atomic E-state index is 12.4. The third-order valence-electron chi connectivity index (χ3n) is 15.3. The zero-order valence-corrected chi connectivity index (χ0v) is 49.6.